The van der Waals surface area contributed by atoms with E-state index in [1.165, 1.54) is 13.0 Å². The van der Waals surface area contributed by atoms with Crippen molar-refractivity contribution < 1.29 is 27.1 Å². The highest BCUT2D eigenvalue weighted by molar-refractivity contribution is 7.91. The highest BCUT2D eigenvalue weighted by Crippen LogP contribution is 2.13. The van der Waals surface area contributed by atoms with Crippen LogP contribution in [-0.4, -0.2) is 38.7 Å². The van der Waals surface area contributed by atoms with Crippen LogP contribution in [0.5, 0.6) is 0 Å². The van der Waals surface area contributed by atoms with Gasteiger partial charge in [0.05, 0.1) is 17.1 Å². The zero-order chi connectivity index (χ0) is 17.5. The van der Waals surface area contributed by atoms with E-state index < -0.39 is 45.8 Å². The predicted molar refractivity (Wildman–Crippen MR) is 81.8 cm³/mol. The molecule has 0 aliphatic heterocycles. The molecule has 0 unspecified atom stereocenters. The van der Waals surface area contributed by atoms with Gasteiger partial charge in [-0.15, -0.1) is 6.58 Å². The number of esters is 1. The number of halogens is 1. The van der Waals surface area contributed by atoms with Gasteiger partial charge in [-0.2, -0.15) is 0 Å². The second-order valence-electron chi connectivity index (χ2n) is 4.69. The predicted octanol–water partition coefficient (Wildman–Crippen LogP) is 1.22. The maximum absolute atomic E-state index is 12.8. The van der Waals surface area contributed by atoms with Crippen LogP contribution in [0, 0.1) is 5.82 Å². The average molecular weight is 343 g/mol. The summed E-state index contributed by atoms with van der Waals surface area (Å²) in [6.45, 7) is 5.05. The number of rotatable bonds is 8. The van der Waals surface area contributed by atoms with Gasteiger partial charge in [0.15, 0.2) is 15.9 Å². The van der Waals surface area contributed by atoms with Gasteiger partial charge < -0.3 is 10.1 Å². The number of benzene rings is 1. The molecule has 0 saturated carbocycles. The summed E-state index contributed by atoms with van der Waals surface area (Å²) >= 11 is 0. The van der Waals surface area contributed by atoms with Crippen LogP contribution >= 0.6 is 0 Å². The lowest BCUT2D eigenvalue weighted by Gasteiger charge is -2.12. The lowest BCUT2D eigenvalue weighted by atomic mass is 10.3. The summed E-state index contributed by atoms with van der Waals surface area (Å²) in [6, 6.07) is 4.30. The summed E-state index contributed by atoms with van der Waals surface area (Å²) in [4.78, 5) is 23.0. The topological polar surface area (TPSA) is 89.5 Å². The number of carbonyl (C=O) groups excluding carboxylic acids is 2. The van der Waals surface area contributed by atoms with Gasteiger partial charge in [0.25, 0.3) is 5.91 Å². The summed E-state index contributed by atoms with van der Waals surface area (Å²) in [7, 11) is -3.72. The Morgan fingerprint density at radius 3 is 2.52 bits per heavy atom. The second kappa shape index (κ2) is 8.42. The van der Waals surface area contributed by atoms with E-state index in [0.717, 1.165) is 24.3 Å². The molecule has 1 atom stereocenters. The van der Waals surface area contributed by atoms with Crippen LogP contribution in [0.2, 0.25) is 0 Å². The van der Waals surface area contributed by atoms with Crippen LogP contribution in [0.4, 0.5) is 4.39 Å². The number of hydrogen-bond donors (Lipinski definition) is 1. The second-order valence-corrected chi connectivity index (χ2v) is 6.80. The summed E-state index contributed by atoms with van der Waals surface area (Å²) in [5.41, 5.74) is 0. The molecule has 6 nitrogen and oxygen atoms in total. The lowest BCUT2D eigenvalue weighted by molar-refractivity contribution is -0.154. The quantitative estimate of drug-likeness (QED) is 0.435. The minimum absolute atomic E-state index is 0.0801. The maximum Gasteiger partial charge on any atom is 0.307 e. The monoisotopic (exact) mass is 343 g/mol. The molecule has 0 spiro atoms. The molecular weight excluding hydrogens is 325 g/mol. The molecule has 1 rings (SSSR count). The van der Waals surface area contributed by atoms with Crippen molar-refractivity contribution in [2.75, 3.05) is 12.3 Å². The molecule has 0 bridgehead atoms. The largest absolute Gasteiger partial charge is 0.453 e. The molecule has 1 amide bonds. The summed E-state index contributed by atoms with van der Waals surface area (Å²) in [5.74, 6) is -2.35. The number of nitrogens with one attached hydrogen (secondary N) is 1. The third kappa shape index (κ3) is 6.19. The number of carbonyl (C=O) groups is 2. The maximum atomic E-state index is 12.8. The Balaban J connectivity index is 2.53. The fraction of sp³-hybridized carbons (Fsp3) is 0.333. The van der Waals surface area contributed by atoms with Crippen LogP contribution in [-0.2, 0) is 24.2 Å². The Hall–Kier alpha value is -2.22. The fourth-order valence-electron chi connectivity index (χ4n) is 1.60. The molecule has 126 valence electrons. The van der Waals surface area contributed by atoms with E-state index in [1.54, 1.807) is 0 Å². The first-order valence-corrected chi connectivity index (χ1v) is 8.48. The third-order valence-corrected chi connectivity index (χ3v) is 4.58. The fourth-order valence-corrected chi connectivity index (χ4v) is 2.83. The highest BCUT2D eigenvalue weighted by Gasteiger charge is 2.20. The zero-order valence-corrected chi connectivity index (χ0v) is 13.4. The van der Waals surface area contributed by atoms with Crippen molar-refractivity contribution in [3.8, 4) is 0 Å². The van der Waals surface area contributed by atoms with Crippen molar-refractivity contribution in [1.82, 2.24) is 5.32 Å². The van der Waals surface area contributed by atoms with Crippen molar-refractivity contribution in [2.45, 2.75) is 24.3 Å². The number of hydrogen-bond acceptors (Lipinski definition) is 5. The summed E-state index contributed by atoms with van der Waals surface area (Å²) < 4.78 is 41.6. The third-order valence-electron chi connectivity index (χ3n) is 2.85. The van der Waals surface area contributed by atoms with Crippen LogP contribution in [0.1, 0.15) is 13.3 Å². The minimum Gasteiger partial charge on any atom is -0.453 e. The Kier molecular flexibility index (Phi) is 6.89. The first-order chi connectivity index (χ1) is 10.8. The van der Waals surface area contributed by atoms with Gasteiger partial charge in [0.2, 0.25) is 0 Å². The van der Waals surface area contributed by atoms with E-state index in [9.17, 15) is 22.4 Å². The van der Waals surface area contributed by atoms with Crippen LogP contribution in [0.25, 0.3) is 0 Å². The molecular formula is C15H18FNO5S. The first kappa shape index (κ1) is 18.8. The number of ether oxygens (including phenoxy) is 1. The molecule has 1 aromatic carbocycles. The number of sulfone groups is 1. The molecule has 1 N–H and O–H groups in total. The molecule has 8 heteroatoms. The first-order valence-electron chi connectivity index (χ1n) is 6.82. The standard InChI is InChI=1S/C15H18FNO5S/c1-3-9-17-15(19)11(2)22-14(18)8-10-23(20,21)13-6-4-12(16)5-7-13/h3-7,11H,1,8-10H2,2H3,(H,17,19)/t11-/m1/s1. The van der Waals surface area contributed by atoms with Crippen LogP contribution in [0.3, 0.4) is 0 Å². The van der Waals surface area contributed by atoms with Crippen LogP contribution in [0.15, 0.2) is 41.8 Å². The molecule has 0 fully saturated rings. The van der Waals surface area contributed by atoms with Gasteiger partial charge in [0.1, 0.15) is 5.82 Å². The van der Waals surface area contributed by atoms with Gasteiger partial charge in [-0.05, 0) is 31.2 Å². The molecule has 0 radical (unpaired) electrons. The Morgan fingerprint density at radius 2 is 1.96 bits per heavy atom. The molecule has 0 aliphatic carbocycles. The van der Waals surface area contributed by atoms with Gasteiger partial charge in [-0.25, -0.2) is 12.8 Å². The van der Waals surface area contributed by atoms with E-state index in [0.29, 0.717) is 0 Å². The minimum atomic E-state index is -3.72. The van der Waals surface area contributed by atoms with Gasteiger partial charge in [-0.1, -0.05) is 6.08 Å². The lowest BCUT2D eigenvalue weighted by Crippen LogP contribution is -2.36. The molecule has 0 heterocycles. The van der Waals surface area contributed by atoms with Gasteiger partial charge >= 0.3 is 5.97 Å². The molecule has 0 aromatic heterocycles. The zero-order valence-electron chi connectivity index (χ0n) is 12.6. The molecule has 1 aromatic rings. The molecule has 0 aliphatic rings. The van der Waals surface area contributed by atoms with E-state index in [1.807, 2.05) is 0 Å². The van der Waals surface area contributed by atoms with Gasteiger partial charge in [-0.3, -0.25) is 9.59 Å². The number of amides is 1. The molecule has 0 saturated heterocycles. The van der Waals surface area contributed by atoms with E-state index in [4.69, 9.17) is 4.74 Å². The van der Waals surface area contributed by atoms with Crippen molar-refractivity contribution in [3.05, 3.63) is 42.7 Å². The SMILES string of the molecule is C=CCNC(=O)[C@@H](C)OC(=O)CCS(=O)(=O)c1ccc(F)cc1. The Labute approximate surface area is 134 Å². The summed E-state index contributed by atoms with van der Waals surface area (Å²) in [5, 5.41) is 2.45. The average Bonchev–Trinajstić information content (AvgIpc) is 2.51. The van der Waals surface area contributed by atoms with Crippen molar-refractivity contribution in [3.63, 3.8) is 0 Å². The van der Waals surface area contributed by atoms with E-state index >= 15 is 0 Å². The smallest absolute Gasteiger partial charge is 0.307 e. The van der Waals surface area contributed by atoms with E-state index in [2.05, 4.69) is 11.9 Å². The normalized spacial score (nSPS) is 12.3. The van der Waals surface area contributed by atoms with Crippen molar-refractivity contribution >= 4 is 21.7 Å². The highest BCUT2D eigenvalue weighted by atomic mass is 32.2. The van der Waals surface area contributed by atoms with Crippen molar-refractivity contribution in [1.29, 1.82) is 0 Å². The van der Waals surface area contributed by atoms with E-state index in [-0.39, 0.29) is 11.4 Å². The van der Waals surface area contributed by atoms with Crippen molar-refractivity contribution in [2.24, 2.45) is 0 Å². The summed E-state index contributed by atoms with van der Waals surface area (Å²) in [6.07, 6.45) is 0.0384. The molecule has 23 heavy (non-hydrogen) atoms. The van der Waals surface area contributed by atoms with Crippen LogP contribution < -0.4 is 5.32 Å². The Bertz CT molecular complexity index is 670. The Morgan fingerprint density at radius 1 is 1.35 bits per heavy atom. The van der Waals surface area contributed by atoms with Gasteiger partial charge in [0, 0.05) is 6.54 Å².